The molecule has 1 atom stereocenters. The first-order valence-electron chi connectivity index (χ1n) is 14.4. The van der Waals surface area contributed by atoms with E-state index >= 15 is 0 Å². The molecule has 1 fully saturated rings. The van der Waals surface area contributed by atoms with Gasteiger partial charge in [0, 0.05) is 41.0 Å². The number of anilines is 1. The minimum absolute atomic E-state index is 0.139. The monoisotopic (exact) mass is 565 g/mol. The second-order valence-electron chi connectivity index (χ2n) is 10.8. The summed E-state index contributed by atoms with van der Waals surface area (Å²) in [5.74, 6) is -3.08. The van der Waals surface area contributed by atoms with Crippen LogP contribution in [0.1, 0.15) is 45.0 Å². The average molecular weight is 566 g/mol. The van der Waals surface area contributed by atoms with Crippen molar-refractivity contribution in [1.82, 2.24) is 10.2 Å². The Morgan fingerprint density at radius 2 is 1.61 bits per heavy atom. The van der Waals surface area contributed by atoms with Gasteiger partial charge < -0.3 is 19.9 Å². The molecule has 2 amide bonds. The zero-order valence-electron chi connectivity index (χ0n) is 25.3. The Balaban J connectivity index is 1.59. The lowest BCUT2D eigenvalue weighted by atomic mass is 9.96. The van der Waals surface area contributed by atoms with Gasteiger partial charge in [0.1, 0.15) is 17.2 Å². The smallest absolute Gasteiger partial charge is 0.410 e. The van der Waals surface area contributed by atoms with Crippen LogP contribution in [0.25, 0.3) is 0 Å². The Bertz CT molecular complexity index is 1470. The van der Waals surface area contributed by atoms with Gasteiger partial charge in [-0.3, -0.25) is 9.59 Å². The molecule has 0 aromatic heterocycles. The van der Waals surface area contributed by atoms with Gasteiger partial charge >= 0.3 is 6.09 Å². The SMILES string of the molecule is [2H]C([2H])(c1ccccc1)C(NC(=O)c1ccccc1F)C(=O)Cc1cc(F)ccc1N1CCN(C(=O)OC(C)(C)C)CC1. The van der Waals surface area contributed by atoms with Crippen molar-refractivity contribution in [3.8, 4) is 0 Å². The summed E-state index contributed by atoms with van der Waals surface area (Å²) in [6, 6.07) is 15.4. The molecule has 7 nitrogen and oxygen atoms in total. The number of piperazine rings is 1. The van der Waals surface area contributed by atoms with E-state index in [2.05, 4.69) is 5.32 Å². The molecule has 4 rings (SSSR count). The summed E-state index contributed by atoms with van der Waals surface area (Å²) < 4.78 is 52.0. The molecule has 0 radical (unpaired) electrons. The molecule has 41 heavy (non-hydrogen) atoms. The van der Waals surface area contributed by atoms with Crippen molar-refractivity contribution in [1.29, 1.82) is 0 Å². The Hall–Kier alpha value is -4.27. The van der Waals surface area contributed by atoms with E-state index in [9.17, 15) is 23.2 Å². The number of Topliss-reactive ketones (excluding diaryl/α,β-unsaturated/α-hetero) is 1. The number of rotatable bonds is 8. The molecule has 1 aliphatic rings. The van der Waals surface area contributed by atoms with Gasteiger partial charge in [0.15, 0.2) is 5.78 Å². The van der Waals surface area contributed by atoms with Crippen LogP contribution in [0.15, 0.2) is 72.8 Å². The van der Waals surface area contributed by atoms with Gasteiger partial charge in [-0.25, -0.2) is 13.6 Å². The van der Waals surface area contributed by atoms with Gasteiger partial charge in [-0.15, -0.1) is 0 Å². The van der Waals surface area contributed by atoms with Gasteiger partial charge in [0.25, 0.3) is 5.91 Å². The molecule has 3 aromatic rings. The molecular weight excluding hydrogens is 528 g/mol. The average Bonchev–Trinajstić information content (AvgIpc) is 2.95. The standard InChI is InChI=1S/C32H35F2N3O4/c1-32(2,3)41-31(40)37-17-15-36(16-18-37)28-14-13-24(33)20-23(28)21-29(38)27(19-22-9-5-4-6-10-22)35-30(39)25-11-7-8-12-26(25)34/h4-14,20,27H,15-19,21H2,1-3H3,(H,35,39)/i19D2. The number of benzene rings is 3. The third kappa shape index (κ3) is 8.13. The molecule has 216 valence electrons. The van der Waals surface area contributed by atoms with Crippen LogP contribution in [0.2, 0.25) is 0 Å². The zero-order chi connectivity index (χ0) is 31.4. The van der Waals surface area contributed by atoms with E-state index in [4.69, 9.17) is 7.48 Å². The molecule has 0 bridgehead atoms. The maximum Gasteiger partial charge on any atom is 0.410 e. The Morgan fingerprint density at radius 3 is 2.27 bits per heavy atom. The number of ketones is 1. The number of hydrogen-bond donors (Lipinski definition) is 1. The lowest BCUT2D eigenvalue weighted by molar-refractivity contribution is -0.120. The number of hydrogen-bond acceptors (Lipinski definition) is 5. The van der Waals surface area contributed by atoms with E-state index in [0.29, 0.717) is 37.4 Å². The molecule has 9 heteroatoms. The lowest BCUT2D eigenvalue weighted by Crippen LogP contribution is -2.50. The Labute approximate surface area is 241 Å². The molecule has 1 unspecified atom stereocenters. The van der Waals surface area contributed by atoms with Gasteiger partial charge in [-0.1, -0.05) is 42.5 Å². The van der Waals surface area contributed by atoms with Crippen LogP contribution < -0.4 is 10.2 Å². The maximum atomic E-state index is 14.5. The molecule has 1 heterocycles. The second-order valence-corrected chi connectivity index (χ2v) is 10.8. The quantitative estimate of drug-likeness (QED) is 0.408. The first kappa shape index (κ1) is 26.9. The van der Waals surface area contributed by atoms with E-state index < -0.39 is 53.9 Å². The molecular formula is C32H35F2N3O4. The molecule has 1 N–H and O–H groups in total. The molecule has 1 aliphatic heterocycles. The third-order valence-electron chi connectivity index (χ3n) is 6.48. The second kappa shape index (κ2) is 12.9. The fourth-order valence-corrected chi connectivity index (χ4v) is 4.50. The number of nitrogens with zero attached hydrogens (tertiary/aromatic N) is 2. The highest BCUT2D eigenvalue weighted by molar-refractivity contribution is 5.98. The summed E-state index contributed by atoms with van der Waals surface area (Å²) >= 11 is 0. The fourth-order valence-electron chi connectivity index (χ4n) is 4.50. The predicted molar refractivity (Wildman–Crippen MR) is 153 cm³/mol. The van der Waals surface area contributed by atoms with E-state index in [1.807, 2.05) is 4.90 Å². The van der Waals surface area contributed by atoms with Crippen molar-refractivity contribution >= 4 is 23.5 Å². The topological polar surface area (TPSA) is 79.0 Å². The zero-order valence-corrected chi connectivity index (χ0v) is 23.3. The van der Waals surface area contributed by atoms with Gasteiger partial charge in [0.05, 0.1) is 11.6 Å². The van der Waals surface area contributed by atoms with Gasteiger partial charge in [-0.05, 0) is 68.6 Å². The number of carbonyl (C=O) groups is 3. The third-order valence-corrected chi connectivity index (χ3v) is 6.48. The van der Waals surface area contributed by atoms with E-state index in [1.165, 1.54) is 42.5 Å². The van der Waals surface area contributed by atoms with Crippen LogP contribution in [0.4, 0.5) is 19.3 Å². The van der Waals surface area contributed by atoms with Crippen molar-refractivity contribution in [3.05, 3.63) is 101 Å². The number of amides is 2. The maximum absolute atomic E-state index is 14.5. The summed E-state index contributed by atoms with van der Waals surface area (Å²) in [6.45, 7) is 6.84. The Kier molecular flexibility index (Phi) is 8.49. The van der Waals surface area contributed by atoms with Crippen LogP contribution in [0.3, 0.4) is 0 Å². The summed E-state index contributed by atoms with van der Waals surface area (Å²) in [5.41, 5.74) is 0.0165. The van der Waals surface area contributed by atoms with Crippen molar-refractivity contribution in [2.24, 2.45) is 0 Å². The largest absolute Gasteiger partial charge is 0.444 e. The fraction of sp³-hybridized carbons (Fsp3) is 0.344. The van der Waals surface area contributed by atoms with Crippen molar-refractivity contribution in [3.63, 3.8) is 0 Å². The highest BCUT2D eigenvalue weighted by atomic mass is 19.1. The van der Waals surface area contributed by atoms with Crippen molar-refractivity contribution < 1.29 is 30.6 Å². The lowest BCUT2D eigenvalue weighted by Gasteiger charge is -2.37. The highest BCUT2D eigenvalue weighted by Gasteiger charge is 2.28. The molecule has 1 saturated heterocycles. The van der Waals surface area contributed by atoms with E-state index in [0.717, 1.165) is 6.07 Å². The Morgan fingerprint density at radius 1 is 0.951 bits per heavy atom. The van der Waals surface area contributed by atoms with Gasteiger partial charge in [0.2, 0.25) is 0 Å². The summed E-state index contributed by atoms with van der Waals surface area (Å²) in [6.07, 6.45) is -3.22. The van der Waals surface area contributed by atoms with Crippen LogP contribution in [0, 0.1) is 11.6 Å². The minimum atomic E-state index is -2.38. The van der Waals surface area contributed by atoms with E-state index in [-0.39, 0.29) is 11.1 Å². The van der Waals surface area contributed by atoms with Crippen molar-refractivity contribution in [2.45, 2.75) is 45.2 Å². The first-order chi connectivity index (χ1) is 20.3. The number of nitrogens with one attached hydrogen (secondary N) is 1. The number of ether oxygens (including phenoxy) is 1. The molecule has 0 aliphatic carbocycles. The number of carbonyl (C=O) groups excluding carboxylic acids is 3. The predicted octanol–water partition coefficient (Wildman–Crippen LogP) is 5.17. The highest BCUT2D eigenvalue weighted by Crippen LogP contribution is 2.25. The first-order valence-corrected chi connectivity index (χ1v) is 13.4. The van der Waals surface area contributed by atoms with Crippen LogP contribution in [-0.2, 0) is 22.3 Å². The minimum Gasteiger partial charge on any atom is -0.444 e. The summed E-state index contributed by atoms with van der Waals surface area (Å²) in [7, 11) is 0. The van der Waals surface area contributed by atoms with Gasteiger partial charge in [-0.2, -0.15) is 0 Å². The molecule has 3 aromatic carbocycles. The summed E-state index contributed by atoms with van der Waals surface area (Å²) in [5, 5.41) is 2.41. The van der Waals surface area contributed by atoms with E-state index in [1.54, 1.807) is 49.9 Å². The molecule has 0 saturated carbocycles. The van der Waals surface area contributed by atoms with Crippen LogP contribution in [-0.4, -0.2) is 60.5 Å². The molecule has 0 spiro atoms. The van der Waals surface area contributed by atoms with Crippen LogP contribution >= 0.6 is 0 Å². The number of halogens is 2. The summed E-state index contributed by atoms with van der Waals surface area (Å²) in [4.78, 5) is 42.9. The van der Waals surface area contributed by atoms with Crippen LogP contribution in [0.5, 0.6) is 0 Å². The normalized spacial score (nSPS) is 15.4. The van der Waals surface area contributed by atoms with Crippen molar-refractivity contribution in [2.75, 3.05) is 31.1 Å².